The van der Waals surface area contributed by atoms with Crippen LogP contribution in [0.2, 0.25) is 10.0 Å². The van der Waals surface area contributed by atoms with Gasteiger partial charge in [-0.3, -0.25) is 9.69 Å². The maximum absolute atomic E-state index is 12.6. The van der Waals surface area contributed by atoms with Crippen molar-refractivity contribution < 1.29 is 14.3 Å². The molecule has 2 fully saturated rings. The first-order valence-corrected chi connectivity index (χ1v) is 13.4. The molecule has 0 amide bonds. The van der Waals surface area contributed by atoms with E-state index in [0.717, 1.165) is 64.2 Å². The van der Waals surface area contributed by atoms with Crippen LogP contribution in [0.25, 0.3) is 0 Å². The predicted octanol–water partition coefficient (Wildman–Crippen LogP) is 5.64. The van der Waals surface area contributed by atoms with Crippen LogP contribution < -0.4 is 4.74 Å². The summed E-state index contributed by atoms with van der Waals surface area (Å²) in [4.78, 5) is 17.5. The molecule has 35 heavy (non-hydrogen) atoms. The number of halogens is 2. The molecule has 190 valence electrons. The highest BCUT2D eigenvalue weighted by molar-refractivity contribution is 6.42. The average molecular weight is 520 g/mol. The van der Waals surface area contributed by atoms with E-state index < -0.39 is 0 Å². The topological polar surface area (TPSA) is 42.0 Å². The summed E-state index contributed by atoms with van der Waals surface area (Å²) >= 11 is 12.1. The van der Waals surface area contributed by atoms with Gasteiger partial charge in [0.05, 0.1) is 17.2 Å². The van der Waals surface area contributed by atoms with Gasteiger partial charge in [0.2, 0.25) is 0 Å². The first-order chi connectivity index (χ1) is 16.9. The third-order valence-corrected chi connectivity index (χ3v) is 8.06. The highest BCUT2D eigenvalue weighted by Gasteiger charge is 2.32. The molecule has 4 rings (SSSR count). The lowest BCUT2D eigenvalue weighted by atomic mass is 9.93. The van der Waals surface area contributed by atoms with Crippen molar-refractivity contribution in [2.24, 2.45) is 5.92 Å². The summed E-state index contributed by atoms with van der Waals surface area (Å²) in [6.45, 7) is 7.17. The zero-order valence-corrected chi connectivity index (χ0v) is 22.2. The van der Waals surface area contributed by atoms with Crippen molar-refractivity contribution in [3.63, 3.8) is 0 Å². The minimum Gasteiger partial charge on any atom is -0.490 e. The molecule has 7 heteroatoms. The zero-order valence-electron chi connectivity index (χ0n) is 20.7. The van der Waals surface area contributed by atoms with Crippen molar-refractivity contribution in [1.29, 1.82) is 0 Å². The van der Waals surface area contributed by atoms with Gasteiger partial charge in [-0.15, -0.1) is 0 Å². The third kappa shape index (κ3) is 7.36. The van der Waals surface area contributed by atoms with Gasteiger partial charge in [-0.05, 0) is 75.7 Å². The summed E-state index contributed by atoms with van der Waals surface area (Å²) in [6, 6.07) is 13.7. The second-order valence-electron chi connectivity index (χ2n) is 9.91. The van der Waals surface area contributed by atoms with E-state index in [-0.39, 0.29) is 18.1 Å². The Hall–Kier alpha value is -1.79. The van der Waals surface area contributed by atoms with E-state index in [2.05, 4.69) is 41.0 Å². The van der Waals surface area contributed by atoms with Gasteiger partial charge in [-0.25, -0.2) is 0 Å². The van der Waals surface area contributed by atoms with E-state index >= 15 is 0 Å². The van der Waals surface area contributed by atoms with Crippen LogP contribution in [0.1, 0.15) is 36.8 Å². The molecule has 0 bridgehead atoms. The Morgan fingerprint density at radius 1 is 1.00 bits per heavy atom. The number of esters is 1. The number of rotatable bonds is 8. The maximum Gasteiger partial charge on any atom is 0.323 e. The third-order valence-electron chi connectivity index (χ3n) is 7.32. The van der Waals surface area contributed by atoms with E-state index in [0.29, 0.717) is 22.4 Å². The first kappa shape index (κ1) is 26.3. The summed E-state index contributed by atoms with van der Waals surface area (Å²) < 4.78 is 11.3. The number of methoxy groups -OCH3 is 1. The summed E-state index contributed by atoms with van der Waals surface area (Å²) in [5.41, 5.74) is 2.41. The highest BCUT2D eigenvalue weighted by Crippen LogP contribution is 2.29. The Morgan fingerprint density at radius 3 is 2.40 bits per heavy atom. The lowest BCUT2D eigenvalue weighted by Crippen LogP contribution is -2.49. The number of hydrogen-bond acceptors (Lipinski definition) is 5. The molecule has 0 aromatic heterocycles. The van der Waals surface area contributed by atoms with Crippen molar-refractivity contribution in [3.8, 4) is 5.75 Å². The molecule has 0 radical (unpaired) electrons. The molecule has 2 aliphatic heterocycles. The van der Waals surface area contributed by atoms with Crippen molar-refractivity contribution in [2.45, 2.75) is 51.2 Å². The van der Waals surface area contributed by atoms with Crippen LogP contribution in [0.5, 0.6) is 5.75 Å². The molecule has 2 heterocycles. The largest absolute Gasteiger partial charge is 0.490 e. The highest BCUT2D eigenvalue weighted by atomic mass is 35.5. The standard InChI is InChI=1S/C28H36Cl2N2O3/c1-20-4-3-5-22(16-20)17-27(28(33)34-2)32-14-8-21(9-15-32)19-31-12-10-23(11-13-31)35-24-6-7-25(29)26(30)18-24/h3-7,16,18,21,23,27H,8-15,17,19H2,1-2H3. The monoisotopic (exact) mass is 518 g/mol. The Labute approximate surface area is 219 Å². The van der Waals surface area contributed by atoms with Crippen LogP contribution in [0, 0.1) is 12.8 Å². The van der Waals surface area contributed by atoms with Gasteiger partial charge in [0.15, 0.2) is 0 Å². The molecular formula is C28H36Cl2N2O3. The van der Waals surface area contributed by atoms with Gasteiger partial charge in [0, 0.05) is 25.7 Å². The number of benzene rings is 2. The van der Waals surface area contributed by atoms with Crippen LogP contribution in [0.15, 0.2) is 42.5 Å². The number of aryl methyl sites for hydroxylation is 1. The molecule has 0 saturated carbocycles. The zero-order chi connectivity index (χ0) is 24.8. The number of piperidine rings is 2. The Morgan fingerprint density at radius 2 is 1.74 bits per heavy atom. The molecular weight excluding hydrogens is 483 g/mol. The molecule has 2 aliphatic rings. The van der Waals surface area contributed by atoms with Gasteiger partial charge >= 0.3 is 5.97 Å². The van der Waals surface area contributed by atoms with Gasteiger partial charge in [-0.2, -0.15) is 0 Å². The Kier molecular flexibility index (Phi) is 9.34. The summed E-state index contributed by atoms with van der Waals surface area (Å²) in [5, 5.41) is 1.08. The molecule has 5 nitrogen and oxygen atoms in total. The second kappa shape index (κ2) is 12.4. The molecule has 1 unspecified atom stereocenters. The van der Waals surface area contributed by atoms with Crippen molar-refractivity contribution in [3.05, 3.63) is 63.6 Å². The van der Waals surface area contributed by atoms with Crippen LogP contribution in [-0.4, -0.2) is 67.7 Å². The Bertz CT molecular complexity index is 986. The normalized spacial score (nSPS) is 19.4. The first-order valence-electron chi connectivity index (χ1n) is 12.6. The molecule has 0 aliphatic carbocycles. The lowest BCUT2D eigenvalue weighted by molar-refractivity contribution is -0.147. The van der Waals surface area contributed by atoms with Gasteiger partial charge < -0.3 is 14.4 Å². The van der Waals surface area contributed by atoms with E-state index in [9.17, 15) is 4.79 Å². The lowest BCUT2D eigenvalue weighted by Gasteiger charge is -2.39. The fourth-order valence-corrected chi connectivity index (χ4v) is 5.61. The fourth-order valence-electron chi connectivity index (χ4n) is 5.32. The smallest absolute Gasteiger partial charge is 0.323 e. The molecule has 2 aromatic carbocycles. The average Bonchev–Trinajstić information content (AvgIpc) is 2.86. The van der Waals surface area contributed by atoms with Crippen LogP contribution >= 0.6 is 23.2 Å². The van der Waals surface area contributed by atoms with E-state index in [1.807, 2.05) is 6.07 Å². The number of carbonyl (C=O) groups is 1. The molecule has 1 atom stereocenters. The quantitative estimate of drug-likeness (QED) is 0.423. The van der Waals surface area contributed by atoms with Gasteiger partial charge in [0.1, 0.15) is 17.9 Å². The molecule has 2 aromatic rings. The predicted molar refractivity (Wildman–Crippen MR) is 142 cm³/mol. The number of likely N-dealkylation sites (tertiary alicyclic amines) is 2. The number of nitrogens with zero attached hydrogens (tertiary/aromatic N) is 2. The number of carbonyl (C=O) groups excluding carboxylic acids is 1. The second-order valence-corrected chi connectivity index (χ2v) is 10.7. The van der Waals surface area contributed by atoms with Crippen LogP contribution in [0.3, 0.4) is 0 Å². The van der Waals surface area contributed by atoms with Gasteiger partial charge in [-0.1, -0.05) is 53.0 Å². The molecule has 2 saturated heterocycles. The molecule has 0 N–H and O–H groups in total. The summed E-state index contributed by atoms with van der Waals surface area (Å²) in [6.07, 6.45) is 5.17. The van der Waals surface area contributed by atoms with Crippen LogP contribution in [0.4, 0.5) is 0 Å². The van der Waals surface area contributed by atoms with Gasteiger partial charge in [0.25, 0.3) is 0 Å². The number of ether oxygens (including phenoxy) is 2. The SMILES string of the molecule is COC(=O)C(Cc1cccc(C)c1)N1CCC(CN2CCC(Oc3ccc(Cl)c(Cl)c3)CC2)CC1. The van der Waals surface area contributed by atoms with E-state index in [1.165, 1.54) is 18.2 Å². The van der Waals surface area contributed by atoms with Crippen molar-refractivity contribution in [2.75, 3.05) is 39.8 Å². The molecule has 0 spiro atoms. The summed E-state index contributed by atoms with van der Waals surface area (Å²) in [7, 11) is 1.49. The van der Waals surface area contributed by atoms with E-state index in [4.69, 9.17) is 32.7 Å². The summed E-state index contributed by atoms with van der Waals surface area (Å²) in [5.74, 6) is 1.32. The minimum absolute atomic E-state index is 0.131. The maximum atomic E-state index is 12.6. The van der Waals surface area contributed by atoms with E-state index in [1.54, 1.807) is 12.1 Å². The fraction of sp³-hybridized carbons (Fsp3) is 0.536. The van der Waals surface area contributed by atoms with Crippen molar-refractivity contribution >= 4 is 29.2 Å². The number of hydrogen-bond donors (Lipinski definition) is 0. The minimum atomic E-state index is -0.211. The van der Waals surface area contributed by atoms with Crippen molar-refractivity contribution in [1.82, 2.24) is 9.80 Å². The Balaban J connectivity index is 1.22. The van der Waals surface area contributed by atoms with Crippen LogP contribution in [-0.2, 0) is 16.0 Å².